The van der Waals surface area contributed by atoms with Crippen molar-refractivity contribution in [2.75, 3.05) is 0 Å². The number of amides is 1. The number of hydrazone groups is 1. The highest BCUT2D eigenvalue weighted by Crippen LogP contribution is 2.16. The Bertz CT molecular complexity index is 584. The van der Waals surface area contributed by atoms with Crippen LogP contribution in [0.3, 0.4) is 0 Å². The molecular formula is C11H10N4O. The fourth-order valence-electron chi connectivity index (χ4n) is 1.86. The summed E-state index contributed by atoms with van der Waals surface area (Å²) in [4.78, 5) is 11.0. The molecule has 0 radical (unpaired) electrons. The summed E-state index contributed by atoms with van der Waals surface area (Å²) in [5.41, 5.74) is 5.24. The van der Waals surface area contributed by atoms with Crippen molar-refractivity contribution in [2.24, 2.45) is 5.10 Å². The zero-order valence-electron chi connectivity index (χ0n) is 8.53. The van der Waals surface area contributed by atoms with Gasteiger partial charge >= 0.3 is 0 Å². The van der Waals surface area contributed by atoms with Crippen molar-refractivity contribution < 1.29 is 4.79 Å². The van der Waals surface area contributed by atoms with Crippen molar-refractivity contribution in [1.82, 2.24) is 15.6 Å². The number of para-hydroxylation sites is 1. The molecule has 5 nitrogen and oxygen atoms in total. The first-order valence-electron chi connectivity index (χ1n) is 5.09. The zero-order valence-corrected chi connectivity index (χ0v) is 8.53. The molecule has 1 aromatic heterocycles. The average molecular weight is 214 g/mol. The monoisotopic (exact) mass is 214 g/mol. The Balaban J connectivity index is 1.92. The SMILES string of the molecule is O=C1CC(Cc2[nH]nc3ccccc23)=NN1. The average Bonchev–Trinajstić information content (AvgIpc) is 2.87. The van der Waals surface area contributed by atoms with Crippen LogP contribution >= 0.6 is 0 Å². The second-order valence-electron chi connectivity index (χ2n) is 3.79. The van der Waals surface area contributed by atoms with Gasteiger partial charge in [-0.05, 0) is 6.07 Å². The second-order valence-corrected chi connectivity index (χ2v) is 3.79. The first kappa shape index (κ1) is 9.08. The van der Waals surface area contributed by atoms with Gasteiger partial charge in [0.2, 0.25) is 5.91 Å². The minimum atomic E-state index is -0.0428. The van der Waals surface area contributed by atoms with Gasteiger partial charge < -0.3 is 0 Å². The van der Waals surface area contributed by atoms with Crippen LogP contribution in [0.2, 0.25) is 0 Å². The molecule has 1 aliphatic heterocycles. The van der Waals surface area contributed by atoms with Gasteiger partial charge in [-0.1, -0.05) is 18.2 Å². The zero-order chi connectivity index (χ0) is 11.0. The molecular weight excluding hydrogens is 204 g/mol. The topological polar surface area (TPSA) is 70.1 Å². The molecule has 2 heterocycles. The summed E-state index contributed by atoms with van der Waals surface area (Å²) in [6.45, 7) is 0. The van der Waals surface area contributed by atoms with Gasteiger partial charge in [-0.15, -0.1) is 0 Å². The fraction of sp³-hybridized carbons (Fsp3) is 0.182. The Kier molecular flexibility index (Phi) is 1.96. The Morgan fingerprint density at radius 2 is 2.19 bits per heavy atom. The molecule has 80 valence electrons. The number of hydrogen-bond acceptors (Lipinski definition) is 3. The number of carbonyl (C=O) groups excluding carboxylic acids is 1. The number of fused-ring (bicyclic) bond motifs is 1. The summed E-state index contributed by atoms with van der Waals surface area (Å²) in [6, 6.07) is 7.89. The first-order valence-corrected chi connectivity index (χ1v) is 5.09. The van der Waals surface area contributed by atoms with E-state index in [1.54, 1.807) is 0 Å². The third kappa shape index (κ3) is 1.46. The molecule has 0 atom stereocenters. The lowest BCUT2D eigenvalue weighted by atomic mass is 10.1. The second kappa shape index (κ2) is 3.44. The van der Waals surface area contributed by atoms with Crippen LogP contribution in [0.25, 0.3) is 10.9 Å². The van der Waals surface area contributed by atoms with Crippen LogP contribution in [0.5, 0.6) is 0 Å². The summed E-state index contributed by atoms with van der Waals surface area (Å²) >= 11 is 0. The summed E-state index contributed by atoms with van der Waals surface area (Å²) in [6.07, 6.45) is 1.02. The van der Waals surface area contributed by atoms with E-state index in [-0.39, 0.29) is 5.91 Å². The molecule has 1 aromatic carbocycles. The Hall–Kier alpha value is -2.17. The highest BCUT2D eigenvalue weighted by molar-refractivity contribution is 6.06. The van der Waals surface area contributed by atoms with E-state index in [0.717, 1.165) is 22.3 Å². The van der Waals surface area contributed by atoms with Crippen LogP contribution in [0.15, 0.2) is 29.4 Å². The highest BCUT2D eigenvalue weighted by atomic mass is 16.2. The van der Waals surface area contributed by atoms with Gasteiger partial charge in [0.15, 0.2) is 0 Å². The van der Waals surface area contributed by atoms with Gasteiger partial charge in [0.1, 0.15) is 0 Å². The molecule has 0 unspecified atom stereocenters. The summed E-state index contributed by atoms with van der Waals surface area (Å²) in [5.74, 6) is -0.0428. The minimum Gasteiger partial charge on any atom is -0.281 e. The lowest BCUT2D eigenvalue weighted by Crippen LogP contribution is -2.09. The van der Waals surface area contributed by atoms with Crippen LogP contribution in [0.1, 0.15) is 12.1 Å². The van der Waals surface area contributed by atoms with Crippen LogP contribution < -0.4 is 5.43 Å². The van der Waals surface area contributed by atoms with Crippen molar-refractivity contribution in [2.45, 2.75) is 12.8 Å². The molecule has 3 rings (SSSR count). The van der Waals surface area contributed by atoms with Gasteiger partial charge in [-0.2, -0.15) is 10.2 Å². The number of hydrogen-bond donors (Lipinski definition) is 2. The van der Waals surface area contributed by atoms with Gasteiger partial charge in [-0.3, -0.25) is 9.89 Å². The molecule has 0 aliphatic carbocycles. The number of aromatic nitrogens is 2. The normalized spacial score (nSPS) is 15.2. The van der Waals surface area contributed by atoms with E-state index in [9.17, 15) is 4.79 Å². The van der Waals surface area contributed by atoms with Crippen molar-refractivity contribution in [3.05, 3.63) is 30.0 Å². The minimum absolute atomic E-state index is 0.0428. The number of benzene rings is 1. The van der Waals surface area contributed by atoms with Crippen LogP contribution in [0, 0.1) is 0 Å². The predicted molar refractivity (Wildman–Crippen MR) is 60.0 cm³/mol. The standard InChI is InChI=1S/C11H10N4O/c16-11-6-7(12-15-11)5-10-8-3-1-2-4-9(8)13-14-10/h1-4H,5-6H2,(H,13,14)(H,15,16). The number of H-pyrrole nitrogens is 1. The Labute approximate surface area is 91.5 Å². The third-order valence-corrected chi connectivity index (χ3v) is 2.62. The van der Waals surface area contributed by atoms with Crippen molar-refractivity contribution >= 4 is 22.5 Å². The predicted octanol–water partition coefficient (Wildman–Crippen LogP) is 0.981. The van der Waals surface area contributed by atoms with Gasteiger partial charge in [0.25, 0.3) is 0 Å². The summed E-state index contributed by atoms with van der Waals surface area (Å²) < 4.78 is 0. The molecule has 16 heavy (non-hydrogen) atoms. The molecule has 0 spiro atoms. The number of carbonyl (C=O) groups is 1. The maximum Gasteiger partial charge on any atom is 0.245 e. The van der Waals surface area contributed by atoms with Crippen LogP contribution in [-0.4, -0.2) is 21.8 Å². The van der Waals surface area contributed by atoms with Crippen LogP contribution in [-0.2, 0) is 11.2 Å². The molecule has 5 heteroatoms. The van der Waals surface area contributed by atoms with E-state index in [2.05, 4.69) is 20.7 Å². The molecule has 0 saturated heterocycles. The van der Waals surface area contributed by atoms with Crippen molar-refractivity contribution in [3.8, 4) is 0 Å². The lowest BCUT2D eigenvalue weighted by molar-refractivity contribution is -0.119. The molecule has 2 aromatic rings. The lowest BCUT2D eigenvalue weighted by Gasteiger charge is -1.95. The van der Waals surface area contributed by atoms with E-state index in [1.807, 2.05) is 24.3 Å². The van der Waals surface area contributed by atoms with Crippen LogP contribution in [0.4, 0.5) is 0 Å². The number of nitrogens with zero attached hydrogens (tertiary/aromatic N) is 2. The molecule has 2 N–H and O–H groups in total. The number of nitrogens with one attached hydrogen (secondary N) is 2. The molecule has 1 amide bonds. The van der Waals surface area contributed by atoms with Gasteiger partial charge in [0, 0.05) is 17.5 Å². The Morgan fingerprint density at radius 3 is 3.00 bits per heavy atom. The molecule has 1 aliphatic rings. The fourth-order valence-corrected chi connectivity index (χ4v) is 1.86. The summed E-state index contributed by atoms with van der Waals surface area (Å²) in [7, 11) is 0. The third-order valence-electron chi connectivity index (χ3n) is 2.62. The van der Waals surface area contributed by atoms with E-state index >= 15 is 0 Å². The largest absolute Gasteiger partial charge is 0.281 e. The summed E-state index contributed by atoms with van der Waals surface area (Å²) in [5, 5.41) is 12.2. The van der Waals surface area contributed by atoms with Gasteiger partial charge in [0.05, 0.1) is 17.6 Å². The van der Waals surface area contributed by atoms with Gasteiger partial charge in [-0.25, -0.2) is 5.43 Å². The first-order chi connectivity index (χ1) is 7.83. The van der Waals surface area contributed by atoms with Crippen molar-refractivity contribution in [3.63, 3.8) is 0 Å². The molecule has 0 fully saturated rings. The van der Waals surface area contributed by atoms with E-state index < -0.39 is 0 Å². The smallest absolute Gasteiger partial charge is 0.245 e. The quantitative estimate of drug-likeness (QED) is 0.782. The van der Waals surface area contributed by atoms with E-state index in [0.29, 0.717) is 12.8 Å². The number of rotatable bonds is 2. The molecule has 0 bridgehead atoms. The van der Waals surface area contributed by atoms with E-state index in [4.69, 9.17) is 0 Å². The maximum absolute atomic E-state index is 11.0. The molecule has 0 saturated carbocycles. The Morgan fingerprint density at radius 1 is 1.31 bits per heavy atom. The van der Waals surface area contributed by atoms with E-state index in [1.165, 1.54) is 0 Å². The van der Waals surface area contributed by atoms with Crippen molar-refractivity contribution in [1.29, 1.82) is 0 Å². The number of aromatic amines is 1. The highest BCUT2D eigenvalue weighted by Gasteiger charge is 2.16. The maximum atomic E-state index is 11.0.